The highest BCUT2D eigenvalue weighted by molar-refractivity contribution is 6.35. The van der Waals surface area contributed by atoms with Gasteiger partial charge in [0, 0.05) is 0 Å². The summed E-state index contributed by atoms with van der Waals surface area (Å²) in [5, 5.41) is -3.91. The highest BCUT2D eigenvalue weighted by Gasteiger charge is 2.38. The Morgan fingerprint density at radius 3 is 2.38 bits per heavy atom. The van der Waals surface area contributed by atoms with Crippen LogP contribution in [-0.2, 0) is 0 Å². The van der Waals surface area contributed by atoms with Gasteiger partial charge in [-0.05, 0) is 42.6 Å². The van der Waals surface area contributed by atoms with Gasteiger partial charge in [-0.3, -0.25) is 4.79 Å². The quantitative estimate of drug-likeness (QED) is 0.606. The molecule has 0 atom stereocenters. The SMILES string of the molecule is COc1c(C(=O)C(F)(F)Cl)ccc(C)c1C. The van der Waals surface area contributed by atoms with E-state index in [4.69, 9.17) is 16.3 Å². The number of carbonyl (C=O) groups is 1. The molecule has 1 aromatic carbocycles. The van der Waals surface area contributed by atoms with Gasteiger partial charge in [0.2, 0.25) is 0 Å². The van der Waals surface area contributed by atoms with E-state index in [1.54, 1.807) is 19.9 Å². The van der Waals surface area contributed by atoms with Crippen LogP contribution in [0.25, 0.3) is 0 Å². The van der Waals surface area contributed by atoms with Gasteiger partial charge in [-0.2, -0.15) is 8.78 Å². The second-order valence-electron chi connectivity index (χ2n) is 3.42. The Balaban J connectivity index is 3.36. The maximum atomic E-state index is 12.7. The summed E-state index contributed by atoms with van der Waals surface area (Å²) < 4.78 is 30.4. The van der Waals surface area contributed by atoms with E-state index < -0.39 is 11.2 Å². The lowest BCUT2D eigenvalue weighted by atomic mass is 10.0. The van der Waals surface area contributed by atoms with Crippen LogP contribution in [-0.4, -0.2) is 18.3 Å². The maximum Gasteiger partial charge on any atom is 0.385 e. The first-order chi connectivity index (χ1) is 7.29. The van der Waals surface area contributed by atoms with E-state index in [0.29, 0.717) is 5.56 Å². The molecule has 16 heavy (non-hydrogen) atoms. The molecule has 0 saturated carbocycles. The van der Waals surface area contributed by atoms with Gasteiger partial charge < -0.3 is 4.74 Å². The third kappa shape index (κ3) is 2.32. The van der Waals surface area contributed by atoms with E-state index in [-0.39, 0.29) is 11.3 Å². The van der Waals surface area contributed by atoms with E-state index in [2.05, 4.69) is 0 Å². The maximum absolute atomic E-state index is 12.7. The minimum absolute atomic E-state index is 0.144. The molecular formula is C11H11ClF2O2. The average Bonchev–Trinajstić information content (AvgIpc) is 2.19. The van der Waals surface area contributed by atoms with Crippen LogP contribution in [0.1, 0.15) is 21.5 Å². The summed E-state index contributed by atoms with van der Waals surface area (Å²) in [5.41, 5.74) is 1.30. The molecule has 0 saturated heterocycles. The van der Waals surface area contributed by atoms with Crippen molar-refractivity contribution in [1.29, 1.82) is 0 Å². The molecule has 0 heterocycles. The number of ether oxygens (including phenoxy) is 1. The number of halogens is 3. The molecule has 0 N–H and O–H groups in total. The number of benzene rings is 1. The summed E-state index contributed by atoms with van der Waals surface area (Å²) in [6.07, 6.45) is 0. The summed E-state index contributed by atoms with van der Waals surface area (Å²) in [6.45, 7) is 3.49. The number of hydrogen-bond donors (Lipinski definition) is 0. The van der Waals surface area contributed by atoms with Gasteiger partial charge in [0.1, 0.15) is 5.75 Å². The van der Waals surface area contributed by atoms with Crippen molar-refractivity contribution in [1.82, 2.24) is 0 Å². The predicted octanol–water partition coefficient (Wildman–Crippen LogP) is 3.33. The van der Waals surface area contributed by atoms with Gasteiger partial charge in [-0.1, -0.05) is 6.07 Å². The summed E-state index contributed by atoms with van der Waals surface area (Å²) in [4.78, 5) is 11.3. The summed E-state index contributed by atoms with van der Waals surface area (Å²) in [7, 11) is 1.32. The second kappa shape index (κ2) is 4.37. The number of rotatable bonds is 3. The van der Waals surface area contributed by atoms with Crippen molar-refractivity contribution in [2.75, 3.05) is 7.11 Å². The summed E-state index contributed by atoms with van der Waals surface area (Å²) in [6, 6.07) is 2.87. The van der Waals surface area contributed by atoms with Crippen LogP contribution in [0, 0.1) is 13.8 Å². The van der Waals surface area contributed by atoms with Crippen LogP contribution in [0.3, 0.4) is 0 Å². The minimum Gasteiger partial charge on any atom is -0.496 e. The molecule has 88 valence electrons. The number of ketones is 1. The first kappa shape index (κ1) is 12.9. The number of alkyl halides is 3. The molecule has 0 aliphatic rings. The normalized spacial score (nSPS) is 11.4. The molecular weight excluding hydrogens is 238 g/mol. The third-order valence-corrected chi connectivity index (χ3v) is 2.55. The Hall–Kier alpha value is -1.16. The fourth-order valence-corrected chi connectivity index (χ4v) is 1.49. The van der Waals surface area contributed by atoms with E-state index in [9.17, 15) is 13.6 Å². The van der Waals surface area contributed by atoms with Crippen molar-refractivity contribution in [3.8, 4) is 5.75 Å². The van der Waals surface area contributed by atoms with Gasteiger partial charge in [0.15, 0.2) is 0 Å². The smallest absolute Gasteiger partial charge is 0.385 e. The molecule has 0 amide bonds. The number of aryl methyl sites for hydroxylation is 1. The molecule has 0 bridgehead atoms. The second-order valence-corrected chi connectivity index (χ2v) is 3.89. The van der Waals surface area contributed by atoms with Crippen molar-refractivity contribution < 1.29 is 18.3 Å². The van der Waals surface area contributed by atoms with Gasteiger partial charge >= 0.3 is 5.38 Å². The summed E-state index contributed by atoms with van der Waals surface area (Å²) in [5.74, 6) is -1.31. The lowest BCUT2D eigenvalue weighted by Crippen LogP contribution is -2.22. The average molecular weight is 249 g/mol. The van der Waals surface area contributed by atoms with Crippen molar-refractivity contribution in [3.63, 3.8) is 0 Å². The van der Waals surface area contributed by atoms with Crippen LogP contribution in [0.15, 0.2) is 12.1 Å². The van der Waals surface area contributed by atoms with Crippen molar-refractivity contribution in [3.05, 3.63) is 28.8 Å². The van der Waals surface area contributed by atoms with Crippen molar-refractivity contribution >= 4 is 17.4 Å². The number of carbonyl (C=O) groups excluding carboxylic acids is 1. The largest absolute Gasteiger partial charge is 0.496 e. The van der Waals surface area contributed by atoms with E-state index >= 15 is 0 Å². The van der Waals surface area contributed by atoms with E-state index in [1.807, 2.05) is 0 Å². The first-order valence-corrected chi connectivity index (χ1v) is 4.92. The van der Waals surface area contributed by atoms with Crippen LogP contribution in [0.2, 0.25) is 0 Å². The first-order valence-electron chi connectivity index (χ1n) is 4.54. The van der Waals surface area contributed by atoms with Crippen molar-refractivity contribution in [2.45, 2.75) is 19.2 Å². The Kier molecular flexibility index (Phi) is 3.53. The van der Waals surface area contributed by atoms with E-state index in [1.165, 1.54) is 13.2 Å². The fourth-order valence-electron chi connectivity index (χ4n) is 1.38. The molecule has 0 aliphatic carbocycles. The number of Topliss-reactive ketones (excluding diaryl/α,β-unsaturated/α-hetero) is 1. The van der Waals surface area contributed by atoms with Crippen LogP contribution < -0.4 is 4.74 Å². The summed E-state index contributed by atoms with van der Waals surface area (Å²) >= 11 is 4.70. The van der Waals surface area contributed by atoms with Crippen molar-refractivity contribution in [2.24, 2.45) is 0 Å². The standard InChI is InChI=1S/C11H11ClF2O2/c1-6-4-5-8(9(16-3)7(6)2)10(15)11(12,13)14/h4-5H,1-3H3. The highest BCUT2D eigenvalue weighted by atomic mass is 35.5. The molecule has 0 spiro atoms. The zero-order valence-electron chi connectivity index (χ0n) is 9.11. The van der Waals surface area contributed by atoms with Crippen LogP contribution >= 0.6 is 11.6 Å². The van der Waals surface area contributed by atoms with Crippen LogP contribution in [0.5, 0.6) is 5.75 Å². The highest BCUT2D eigenvalue weighted by Crippen LogP contribution is 2.32. The lowest BCUT2D eigenvalue weighted by molar-refractivity contribution is 0.0533. The van der Waals surface area contributed by atoms with Gasteiger partial charge in [-0.15, -0.1) is 0 Å². The van der Waals surface area contributed by atoms with Gasteiger partial charge in [0.05, 0.1) is 12.7 Å². The zero-order valence-corrected chi connectivity index (χ0v) is 9.86. The Bertz CT molecular complexity index is 425. The Labute approximate surface area is 97.2 Å². The van der Waals surface area contributed by atoms with Gasteiger partial charge in [-0.25, -0.2) is 0 Å². The topological polar surface area (TPSA) is 26.3 Å². The third-order valence-electron chi connectivity index (χ3n) is 2.38. The minimum atomic E-state index is -3.91. The molecule has 5 heteroatoms. The predicted molar refractivity (Wildman–Crippen MR) is 57.6 cm³/mol. The zero-order chi connectivity index (χ0) is 12.5. The molecule has 0 aromatic heterocycles. The molecule has 1 aromatic rings. The van der Waals surface area contributed by atoms with Gasteiger partial charge in [0.25, 0.3) is 5.78 Å². The molecule has 1 rings (SSSR count). The monoisotopic (exact) mass is 248 g/mol. The van der Waals surface area contributed by atoms with Crippen LogP contribution in [0.4, 0.5) is 8.78 Å². The molecule has 0 radical (unpaired) electrons. The lowest BCUT2D eigenvalue weighted by Gasteiger charge is -2.14. The number of methoxy groups -OCH3 is 1. The molecule has 2 nitrogen and oxygen atoms in total. The molecule has 0 aliphatic heterocycles. The Morgan fingerprint density at radius 1 is 1.38 bits per heavy atom. The molecule has 0 unspecified atom stereocenters. The number of hydrogen-bond acceptors (Lipinski definition) is 2. The Morgan fingerprint density at radius 2 is 1.94 bits per heavy atom. The van der Waals surface area contributed by atoms with E-state index in [0.717, 1.165) is 5.56 Å². The fraction of sp³-hybridized carbons (Fsp3) is 0.364. The molecule has 0 fully saturated rings.